The van der Waals surface area contributed by atoms with Crippen molar-refractivity contribution in [2.45, 2.75) is 33.2 Å². The molecule has 0 unspecified atom stereocenters. The van der Waals surface area contributed by atoms with Crippen LogP contribution in [0.2, 0.25) is 0 Å². The minimum absolute atomic E-state index is 0.215. The van der Waals surface area contributed by atoms with Gasteiger partial charge in [-0.05, 0) is 25.0 Å². The summed E-state index contributed by atoms with van der Waals surface area (Å²) in [7, 11) is 0. The third kappa shape index (κ3) is 4.80. The molecule has 2 aromatic heterocycles. The van der Waals surface area contributed by atoms with E-state index in [1.165, 1.54) is 0 Å². The quantitative estimate of drug-likeness (QED) is 0.767. The Morgan fingerprint density at radius 1 is 1.32 bits per heavy atom. The first kappa shape index (κ1) is 15.9. The van der Waals surface area contributed by atoms with E-state index in [1.807, 2.05) is 12.1 Å². The van der Waals surface area contributed by atoms with Crippen molar-refractivity contribution in [3.05, 3.63) is 47.7 Å². The molecule has 0 saturated heterocycles. The number of pyridine rings is 1. The summed E-state index contributed by atoms with van der Waals surface area (Å²) in [6.45, 7) is 5.17. The minimum atomic E-state index is -0.215. The molecule has 0 saturated carbocycles. The highest BCUT2D eigenvalue weighted by Gasteiger charge is 2.10. The van der Waals surface area contributed by atoms with E-state index in [9.17, 15) is 4.79 Å². The number of aryl methyl sites for hydroxylation is 1. The van der Waals surface area contributed by atoms with Crippen LogP contribution in [0.15, 0.2) is 30.6 Å². The van der Waals surface area contributed by atoms with E-state index >= 15 is 0 Å². The van der Waals surface area contributed by atoms with Crippen LogP contribution in [0.3, 0.4) is 0 Å². The molecule has 0 aliphatic rings. The van der Waals surface area contributed by atoms with Gasteiger partial charge in [-0.1, -0.05) is 19.4 Å². The fraction of sp³-hybridized carbons (Fsp3) is 0.375. The predicted octanol–water partition coefficient (Wildman–Crippen LogP) is 2.32. The number of unbranched alkanes of at least 4 members (excludes halogenated alkanes) is 1. The largest absolute Gasteiger partial charge is 0.370 e. The maximum Gasteiger partial charge on any atom is 0.270 e. The molecule has 116 valence electrons. The average molecular weight is 299 g/mol. The van der Waals surface area contributed by atoms with Crippen molar-refractivity contribution < 1.29 is 4.79 Å². The van der Waals surface area contributed by atoms with Gasteiger partial charge in [-0.2, -0.15) is 0 Å². The summed E-state index contributed by atoms with van der Waals surface area (Å²) in [6.07, 6.45) is 5.59. The van der Waals surface area contributed by atoms with Crippen LogP contribution in [0, 0.1) is 6.92 Å². The molecule has 0 aliphatic heterocycles. The Bertz CT molecular complexity index is 615. The summed E-state index contributed by atoms with van der Waals surface area (Å²) in [6, 6.07) is 5.43. The van der Waals surface area contributed by atoms with Gasteiger partial charge in [0.1, 0.15) is 17.3 Å². The first-order valence-electron chi connectivity index (χ1n) is 7.45. The van der Waals surface area contributed by atoms with Crippen LogP contribution in [0.4, 0.5) is 5.82 Å². The van der Waals surface area contributed by atoms with Gasteiger partial charge in [0.05, 0.1) is 0 Å². The minimum Gasteiger partial charge on any atom is -0.370 e. The van der Waals surface area contributed by atoms with Crippen LogP contribution in [0.5, 0.6) is 0 Å². The average Bonchev–Trinajstić information content (AvgIpc) is 2.53. The lowest BCUT2D eigenvalue weighted by Gasteiger charge is -2.09. The maximum absolute atomic E-state index is 12.2. The Balaban J connectivity index is 1.99. The number of hydrogen-bond donors (Lipinski definition) is 2. The second-order valence-electron chi connectivity index (χ2n) is 5.01. The molecular weight excluding hydrogens is 278 g/mol. The standard InChI is InChI=1S/C16H21N5O/c1-3-4-8-18-15-9-14(20-12(2)21-15)16(22)19-11-13-6-5-7-17-10-13/h5-7,9-10H,3-4,8,11H2,1-2H3,(H,19,22)(H,18,20,21). The number of nitrogens with zero attached hydrogens (tertiary/aromatic N) is 3. The van der Waals surface area contributed by atoms with Crippen molar-refractivity contribution in [2.24, 2.45) is 0 Å². The number of hydrogen-bond acceptors (Lipinski definition) is 5. The Morgan fingerprint density at radius 3 is 2.91 bits per heavy atom. The zero-order valence-electron chi connectivity index (χ0n) is 13.0. The summed E-state index contributed by atoms with van der Waals surface area (Å²) in [5.74, 6) is 1.05. The van der Waals surface area contributed by atoms with Gasteiger partial charge < -0.3 is 10.6 Å². The molecule has 2 N–H and O–H groups in total. The third-order valence-corrected chi connectivity index (χ3v) is 3.08. The number of anilines is 1. The Morgan fingerprint density at radius 2 is 2.18 bits per heavy atom. The van der Waals surface area contributed by atoms with E-state index in [2.05, 4.69) is 32.5 Å². The van der Waals surface area contributed by atoms with Crippen LogP contribution in [-0.4, -0.2) is 27.4 Å². The number of carbonyl (C=O) groups excluding carboxylic acids is 1. The van der Waals surface area contributed by atoms with E-state index in [-0.39, 0.29) is 5.91 Å². The fourth-order valence-corrected chi connectivity index (χ4v) is 1.94. The molecule has 2 aromatic rings. The Hall–Kier alpha value is -2.50. The van der Waals surface area contributed by atoms with Crippen LogP contribution in [0.1, 0.15) is 41.6 Å². The lowest BCUT2D eigenvalue weighted by Crippen LogP contribution is -2.24. The van der Waals surface area contributed by atoms with Gasteiger partial charge in [-0.3, -0.25) is 9.78 Å². The topological polar surface area (TPSA) is 79.8 Å². The van der Waals surface area contributed by atoms with Gasteiger partial charge in [-0.15, -0.1) is 0 Å². The normalized spacial score (nSPS) is 10.3. The van der Waals surface area contributed by atoms with Crippen molar-refractivity contribution in [1.82, 2.24) is 20.3 Å². The smallest absolute Gasteiger partial charge is 0.270 e. The van der Waals surface area contributed by atoms with Crippen molar-refractivity contribution in [3.63, 3.8) is 0 Å². The second kappa shape index (κ2) is 8.07. The molecule has 1 amide bonds. The zero-order chi connectivity index (χ0) is 15.8. The number of aromatic nitrogens is 3. The lowest BCUT2D eigenvalue weighted by molar-refractivity contribution is 0.0945. The number of nitrogens with one attached hydrogen (secondary N) is 2. The molecule has 6 nitrogen and oxygen atoms in total. The van der Waals surface area contributed by atoms with Gasteiger partial charge in [-0.25, -0.2) is 9.97 Å². The molecule has 22 heavy (non-hydrogen) atoms. The van der Waals surface area contributed by atoms with Crippen LogP contribution < -0.4 is 10.6 Å². The molecule has 0 aromatic carbocycles. The summed E-state index contributed by atoms with van der Waals surface area (Å²) in [5.41, 5.74) is 1.32. The summed E-state index contributed by atoms with van der Waals surface area (Å²) >= 11 is 0. The SMILES string of the molecule is CCCCNc1cc(C(=O)NCc2cccnc2)nc(C)n1. The zero-order valence-corrected chi connectivity index (χ0v) is 13.0. The first-order chi connectivity index (χ1) is 10.7. The van der Waals surface area contributed by atoms with Gasteiger partial charge >= 0.3 is 0 Å². The Labute approximate surface area is 130 Å². The molecule has 2 rings (SSSR count). The van der Waals surface area contributed by atoms with Gasteiger partial charge in [0.25, 0.3) is 5.91 Å². The molecular formula is C16H21N5O. The molecule has 0 spiro atoms. The van der Waals surface area contributed by atoms with E-state index in [1.54, 1.807) is 25.4 Å². The summed E-state index contributed by atoms with van der Waals surface area (Å²) < 4.78 is 0. The first-order valence-corrected chi connectivity index (χ1v) is 7.45. The molecule has 0 aliphatic carbocycles. The molecule has 0 radical (unpaired) electrons. The van der Waals surface area contributed by atoms with E-state index < -0.39 is 0 Å². The lowest BCUT2D eigenvalue weighted by atomic mass is 10.2. The Kier molecular flexibility index (Phi) is 5.82. The summed E-state index contributed by atoms with van der Waals surface area (Å²) in [5, 5.41) is 6.05. The van der Waals surface area contributed by atoms with Crippen LogP contribution in [0.25, 0.3) is 0 Å². The second-order valence-corrected chi connectivity index (χ2v) is 5.01. The molecule has 6 heteroatoms. The molecule has 2 heterocycles. The van der Waals surface area contributed by atoms with Crippen LogP contribution in [-0.2, 0) is 6.54 Å². The fourth-order valence-electron chi connectivity index (χ4n) is 1.94. The van der Waals surface area contributed by atoms with E-state index in [0.717, 1.165) is 24.9 Å². The van der Waals surface area contributed by atoms with Crippen molar-refractivity contribution >= 4 is 11.7 Å². The van der Waals surface area contributed by atoms with E-state index in [4.69, 9.17) is 0 Å². The number of carbonyl (C=O) groups is 1. The van der Waals surface area contributed by atoms with Gasteiger partial charge in [0, 0.05) is 31.5 Å². The number of amides is 1. The van der Waals surface area contributed by atoms with Crippen molar-refractivity contribution in [1.29, 1.82) is 0 Å². The highest BCUT2D eigenvalue weighted by atomic mass is 16.1. The third-order valence-electron chi connectivity index (χ3n) is 3.08. The molecule has 0 fully saturated rings. The highest BCUT2D eigenvalue weighted by molar-refractivity contribution is 5.92. The van der Waals surface area contributed by atoms with Crippen LogP contribution >= 0.6 is 0 Å². The van der Waals surface area contributed by atoms with Crippen molar-refractivity contribution in [3.8, 4) is 0 Å². The molecule has 0 atom stereocenters. The number of rotatable bonds is 7. The van der Waals surface area contributed by atoms with E-state index in [0.29, 0.717) is 23.9 Å². The monoisotopic (exact) mass is 299 g/mol. The summed E-state index contributed by atoms with van der Waals surface area (Å²) in [4.78, 5) is 24.7. The predicted molar refractivity (Wildman–Crippen MR) is 85.6 cm³/mol. The van der Waals surface area contributed by atoms with Gasteiger partial charge in [0.15, 0.2) is 0 Å². The highest BCUT2D eigenvalue weighted by Crippen LogP contribution is 2.07. The maximum atomic E-state index is 12.2. The molecule has 0 bridgehead atoms. The van der Waals surface area contributed by atoms with Crippen molar-refractivity contribution in [2.75, 3.05) is 11.9 Å². The van der Waals surface area contributed by atoms with Gasteiger partial charge in [0.2, 0.25) is 0 Å².